The van der Waals surface area contributed by atoms with Crippen LogP contribution in [0.3, 0.4) is 0 Å². The minimum absolute atomic E-state index is 0.0697. The number of ether oxygens (including phenoxy) is 2. The molecule has 1 saturated heterocycles. The van der Waals surface area contributed by atoms with E-state index in [1.165, 1.54) is 0 Å². The Balaban J connectivity index is 1.76. The molecule has 0 spiro atoms. The molecule has 178 valence electrons. The molecule has 1 fully saturated rings. The molecule has 0 atom stereocenters. The number of halogens is 2. The summed E-state index contributed by atoms with van der Waals surface area (Å²) in [6, 6.07) is 9.59. The van der Waals surface area contributed by atoms with Gasteiger partial charge in [-0.1, -0.05) is 11.6 Å². The molecule has 7 nitrogen and oxygen atoms in total. The van der Waals surface area contributed by atoms with Gasteiger partial charge in [0, 0.05) is 17.1 Å². The zero-order valence-corrected chi connectivity index (χ0v) is 19.6. The Bertz CT molecular complexity index is 951. The molecule has 2 aromatic rings. The van der Waals surface area contributed by atoms with E-state index < -0.39 is 11.4 Å². The summed E-state index contributed by atoms with van der Waals surface area (Å²) in [4.78, 5) is 26.1. The molecule has 1 aliphatic rings. The quantitative estimate of drug-likeness (QED) is 0.515. The molecule has 0 aliphatic carbocycles. The number of piperidine rings is 1. The fraction of sp³-hybridized carbons (Fsp3) is 0.417. The highest BCUT2D eigenvalue weighted by Gasteiger charge is 2.41. The van der Waals surface area contributed by atoms with Crippen LogP contribution in [0.5, 0.6) is 11.5 Å². The number of benzene rings is 2. The lowest BCUT2D eigenvalue weighted by molar-refractivity contribution is -0.128. The number of nitrogens with one attached hydrogen (secondary N) is 3. The van der Waals surface area contributed by atoms with Crippen molar-refractivity contribution in [3.05, 3.63) is 58.4 Å². The van der Waals surface area contributed by atoms with Crippen LogP contribution < -0.4 is 25.4 Å². The van der Waals surface area contributed by atoms with E-state index in [9.17, 15) is 14.0 Å². The second-order valence-corrected chi connectivity index (χ2v) is 8.18. The van der Waals surface area contributed by atoms with Gasteiger partial charge in [-0.25, -0.2) is 0 Å². The van der Waals surface area contributed by atoms with E-state index in [2.05, 4.69) is 16.0 Å². The highest BCUT2D eigenvalue weighted by molar-refractivity contribution is 6.30. The average Bonchev–Trinajstić information content (AvgIpc) is 2.81. The van der Waals surface area contributed by atoms with E-state index in [0.717, 1.165) is 0 Å². The van der Waals surface area contributed by atoms with Crippen LogP contribution in [0.2, 0.25) is 5.02 Å². The molecule has 0 saturated carbocycles. The Hall–Kier alpha value is -2.84. The minimum atomic E-state index is -1.06. The molecule has 1 aliphatic heterocycles. The summed E-state index contributed by atoms with van der Waals surface area (Å²) in [5, 5.41) is 9.57. The maximum atomic E-state index is 14.5. The predicted molar refractivity (Wildman–Crippen MR) is 124 cm³/mol. The summed E-state index contributed by atoms with van der Waals surface area (Å²) in [5.74, 6) is -1.08. The van der Waals surface area contributed by atoms with Crippen LogP contribution in [-0.4, -0.2) is 43.7 Å². The van der Waals surface area contributed by atoms with E-state index in [0.29, 0.717) is 55.3 Å². The first-order valence-electron chi connectivity index (χ1n) is 11.0. The van der Waals surface area contributed by atoms with Crippen LogP contribution in [0.15, 0.2) is 36.4 Å². The van der Waals surface area contributed by atoms with Crippen molar-refractivity contribution >= 4 is 23.4 Å². The van der Waals surface area contributed by atoms with Gasteiger partial charge in [0.1, 0.15) is 5.54 Å². The highest BCUT2D eigenvalue weighted by atomic mass is 35.5. The van der Waals surface area contributed by atoms with Crippen LogP contribution in [0.1, 0.15) is 42.6 Å². The lowest BCUT2D eigenvalue weighted by Gasteiger charge is -2.37. The van der Waals surface area contributed by atoms with Gasteiger partial charge in [-0.05, 0) is 81.7 Å². The topological polar surface area (TPSA) is 88.7 Å². The van der Waals surface area contributed by atoms with Gasteiger partial charge in [0.25, 0.3) is 5.91 Å². The molecular weight excluding hydrogens is 449 g/mol. The van der Waals surface area contributed by atoms with Crippen molar-refractivity contribution < 1.29 is 23.5 Å². The van der Waals surface area contributed by atoms with E-state index in [-0.39, 0.29) is 29.9 Å². The average molecular weight is 478 g/mol. The molecule has 3 rings (SSSR count). The van der Waals surface area contributed by atoms with Crippen molar-refractivity contribution in [2.24, 2.45) is 0 Å². The predicted octanol–water partition coefficient (Wildman–Crippen LogP) is 3.44. The molecule has 1 heterocycles. The lowest BCUT2D eigenvalue weighted by Crippen LogP contribution is -2.62. The van der Waals surface area contributed by atoms with Crippen LogP contribution in [0.4, 0.5) is 4.39 Å². The molecule has 0 radical (unpaired) electrons. The number of carbonyl (C=O) groups is 2. The number of hydrogen-bond acceptors (Lipinski definition) is 5. The first-order chi connectivity index (χ1) is 15.9. The van der Waals surface area contributed by atoms with Gasteiger partial charge in [0.05, 0.1) is 13.2 Å². The van der Waals surface area contributed by atoms with Crippen LogP contribution >= 0.6 is 11.6 Å². The zero-order valence-electron chi connectivity index (χ0n) is 18.8. The van der Waals surface area contributed by atoms with Crippen molar-refractivity contribution in [1.29, 1.82) is 0 Å². The van der Waals surface area contributed by atoms with E-state index in [1.807, 2.05) is 0 Å². The molecule has 0 aromatic heterocycles. The Kier molecular flexibility index (Phi) is 8.52. The molecule has 2 aromatic carbocycles. The molecule has 2 amide bonds. The molecular formula is C24H29ClFN3O4. The van der Waals surface area contributed by atoms with Crippen LogP contribution in [-0.2, 0) is 11.3 Å². The number of amides is 2. The molecule has 33 heavy (non-hydrogen) atoms. The van der Waals surface area contributed by atoms with Gasteiger partial charge < -0.3 is 25.4 Å². The molecule has 9 heteroatoms. The Morgan fingerprint density at radius 3 is 2.18 bits per heavy atom. The van der Waals surface area contributed by atoms with Crippen molar-refractivity contribution in [3.8, 4) is 11.5 Å². The van der Waals surface area contributed by atoms with E-state index in [4.69, 9.17) is 21.1 Å². The second-order valence-electron chi connectivity index (χ2n) is 7.75. The van der Waals surface area contributed by atoms with Gasteiger partial charge in [-0.3, -0.25) is 9.59 Å². The molecule has 0 unspecified atom stereocenters. The lowest BCUT2D eigenvalue weighted by atomic mass is 9.86. The second kappa shape index (κ2) is 11.3. The Morgan fingerprint density at radius 2 is 1.64 bits per heavy atom. The number of hydrogen-bond donors (Lipinski definition) is 3. The summed E-state index contributed by atoms with van der Waals surface area (Å²) >= 11 is 5.91. The summed E-state index contributed by atoms with van der Waals surface area (Å²) in [6.07, 6.45) is 0.881. The summed E-state index contributed by atoms with van der Waals surface area (Å²) in [6.45, 7) is 5.43. The van der Waals surface area contributed by atoms with Gasteiger partial charge in [-0.2, -0.15) is 4.39 Å². The third-order valence-electron chi connectivity index (χ3n) is 5.47. The fourth-order valence-corrected chi connectivity index (χ4v) is 3.88. The standard InChI is InChI=1S/C24H29ClFN3O4/c1-3-32-19-13-16(14-20(21(19)26)33-4-2)15-28-23(31)24(9-11-27-12-10-24)29-22(30)17-5-7-18(25)8-6-17/h5-8,13-14,27H,3-4,9-12,15H2,1-2H3,(H,28,31)(H,29,30). The third kappa shape index (κ3) is 6.15. The van der Waals surface area contributed by atoms with Crippen LogP contribution in [0, 0.1) is 5.82 Å². The fourth-order valence-electron chi connectivity index (χ4n) is 3.75. The van der Waals surface area contributed by atoms with Crippen molar-refractivity contribution in [2.75, 3.05) is 26.3 Å². The van der Waals surface area contributed by atoms with E-state index in [1.54, 1.807) is 50.2 Å². The number of carbonyl (C=O) groups excluding carboxylic acids is 2. The van der Waals surface area contributed by atoms with Crippen molar-refractivity contribution in [2.45, 2.75) is 38.8 Å². The summed E-state index contributed by atoms with van der Waals surface area (Å²) < 4.78 is 25.3. The van der Waals surface area contributed by atoms with Gasteiger partial charge in [0.15, 0.2) is 11.5 Å². The minimum Gasteiger partial charge on any atom is -0.491 e. The zero-order chi connectivity index (χ0) is 23.8. The van der Waals surface area contributed by atoms with Crippen molar-refractivity contribution in [3.63, 3.8) is 0 Å². The Labute approximate surface area is 198 Å². The van der Waals surface area contributed by atoms with Crippen LogP contribution in [0.25, 0.3) is 0 Å². The highest BCUT2D eigenvalue weighted by Crippen LogP contribution is 2.29. The molecule has 3 N–H and O–H groups in total. The normalized spacial score (nSPS) is 14.9. The van der Waals surface area contributed by atoms with Gasteiger partial charge >= 0.3 is 0 Å². The number of rotatable bonds is 9. The SMILES string of the molecule is CCOc1cc(CNC(=O)C2(NC(=O)c3ccc(Cl)cc3)CCNCC2)cc(OCC)c1F. The maximum Gasteiger partial charge on any atom is 0.252 e. The summed E-state index contributed by atoms with van der Waals surface area (Å²) in [7, 11) is 0. The largest absolute Gasteiger partial charge is 0.491 e. The van der Waals surface area contributed by atoms with E-state index >= 15 is 0 Å². The third-order valence-corrected chi connectivity index (χ3v) is 5.72. The van der Waals surface area contributed by atoms with Gasteiger partial charge in [0.2, 0.25) is 11.7 Å². The Morgan fingerprint density at radius 1 is 1.06 bits per heavy atom. The first-order valence-corrected chi connectivity index (χ1v) is 11.4. The monoisotopic (exact) mass is 477 g/mol. The smallest absolute Gasteiger partial charge is 0.252 e. The summed E-state index contributed by atoms with van der Waals surface area (Å²) in [5.41, 5.74) is -0.0100. The maximum absolute atomic E-state index is 14.5. The first kappa shape index (κ1) is 24.8. The van der Waals surface area contributed by atoms with Gasteiger partial charge in [-0.15, -0.1) is 0 Å². The van der Waals surface area contributed by atoms with Crippen molar-refractivity contribution in [1.82, 2.24) is 16.0 Å². The molecule has 0 bridgehead atoms.